The second-order valence-corrected chi connectivity index (χ2v) is 6.23. The van der Waals surface area contributed by atoms with E-state index in [4.69, 9.17) is 0 Å². The van der Waals surface area contributed by atoms with Crippen molar-refractivity contribution in [2.24, 2.45) is 5.92 Å². The van der Waals surface area contributed by atoms with E-state index in [1.807, 2.05) is 0 Å². The van der Waals surface area contributed by atoms with E-state index in [0.29, 0.717) is 12.1 Å². The number of piperidine rings is 1. The van der Waals surface area contributed by atoms with Crippen LogP contribution in [0.4, 0.5) is 0 Å². The average Bonchev–Trinajstić information content (AvgIpc) is 3.19. The number of hydrogen-bond donors (Lipinski definition) is 2. The molecular weight excluding hydrogens is 250 g/mol. The lowest BCUT2D eigenvalue weighted by Gasteiger charge is -2.32. The molecule has 2 fully saturated rings. The zero-order valence-electron chi connectivity index (χ0n) is 13.0. The van der Waals surface area contributed by atoms with E-state index in [1.165, 1.54) is 24.8 Å². The molecule has 0 bridgehead atoms. The van der Waals surface area contributed by atoms with Crippen LogP contribution in [0.3, 0.4) is 0 Å². The Balaban J connectivity index is 1.58. The molecule has 20 heavy (non-hydrogen) atoms. The van der Waals surface area contributed by atoms with Crippen molar-refractivity contribution in [2.45, 2.75) is 51.6 Å². The topological polar surface area (TPSA) is 44.4 Å². The van der Waals surface area contributed by atoms with Crippen LogP contribution in [0.1, 0.15) is 39.5 Å². The molecule has 2 rings (SSSR count). The van der Waals surface area contributed by atoms with Gasteiger partial charge in [-0.1, -0.05) is 19.1 Å². The first kappa shape index (κ1) is 15.5. The third-order valence-electron chi connectivity index (χ3n) is 4.61. The molecule has 0 aromatic carbocycles. The van der Waals surface area contributed by atoms with Gasteiger partial charge in [-0.2, -0.15) is 0 Å². The Morgan fingerprint density at radius 1 is 1.35 bits per heavy atom. The van der Waals surface area contributed by atoms with Crippen LogP contribution in [0.2, 0.25) is 0 Å². The number of amides is 1. The van der Waals surface area contributed by atoms with Crippen molar-refractivity contribution >= 4 is 5.91 Å². The zero-order valence-corrected chi connectivity index (χ0v) is 13.0. The first-order valence-corrected chi connectivity index (χ1v) is 8.00. The van der Waals surface area contributed by atoms with Crippen molar-refractivity contribution in [3.8, 4) is 0 Å². The largest absolute Gasteiger partial charge is 0.355 e. The molecule has 4 nitrogen and oxygen atoms in total. The predicted octanol–water partition coefficient (Wildman–Crippen LogP) is 1.53. The number of carbonyl (C=O) groups is 1. The molecule has 2 N–H and O–H groups in total. The van der Waals surface area contributed by atoms with E-state index in [1.54, 1.807) is 6.92 Å². The summed E-state index contributed by atoms with van der Waals surface area (Å²) in [6.45, 7) is 12.0. The first-order chi connectivity index (χ1) is 9.60. The van der Waals surface area contributed by atoms with Gasteiger partial charge in [-0.25, -0.2) is 0 Å². The quantitative estimate of drug-likeness (QED) is 0.695. The molecule has 0 aromatic rings. The predicted molar refractivity (Wildman–Crippen MR) is 82.6 cm³/mol. The SMILES string of the molecule is C=C(CC)[C@H]1C[C@@H]1NC1CCN(CCNC(C)=O)CC1. The second-order valence-electron chi connectivity index (χ2n) is 6.23. The summed E-state index contributed by atoms with van der Waals surface area (Å²) < 4.78 is 0. The fourth-order valence-electron chi connectivity index (χ4n) is 3.11. The van der Waals surface area contributed by atoms with Crippen LogP contribution in [-0.4, -0.2) is 49.1 Å². The number of hydrogen-bond acceptors (Lipinski definition) is 3. The molecular formula is C16H29N3O. The van der Waals surface area contributed by atoms with E-state index >= 15 is 0 Å². The normalized spacial score (nSPS) is 27.3. The lowest BCUT2D eigenvalue weighted by Crippen LogP contribution is -2.45. The zero-order chi connectivity index (χ0) is 14.5. The molecule has 2 atom stereocenters. The molecule has 1 amide bonds. The lowest BCUT2D eigenvalue weighted by molar-refractivity contribution is -0.119. The third kappa shape index (κ3) is 4.60. The molecule has 4 heteroatoms. The summed E-state index contributed by atoms with van der Waals surface area (Å²) in [6.07, 6.45) is 4.85. The Bertz CT molecular complexity index is 348. The Labute approximate surface area is 123 Å². The summed E-state index contributed by atoms with van der Waals surface area (Å²) in [5, 5.41) is 6.66. The molecule has 0 aromatic heterocycles. The van der Waals surface area contributed by atoms with Crippen LogP contribution in [0, 0.1) is 5.92 Å². The molecule has 114 valence electrons. The minimum atomic E-state index is 0.0671. The van der Waals surface area contributed by atoms with Crippen molar-refractivity contribution in [1.82, 2.24) is 15.5 Å². The number of rotatable bonds is 7. The minimum Gasteiger partial charge on any atom is -0.355 e. The van der Waals surface area contributed by atoms with Crippen LogP contribution in [0.25, 0.3) is 0 Å². The van der Waals surface area contributed by atoms with Gasteiger partial charge in [0.1, 0.15) is 0 Å². The molecule has 1 aliphatic heterocycles. The summed E-state index contributed by atoms with van der Waals surface area (Å²) in [5.74, 6) is 0.801. The Hall–Kier alpha value is -0.870. The van der Waals surface area contributed by atoms with Crippen molar-refractivity contribution in [1.29, 1.82) is 0 Å². The van der Waals surface area contributed by atoms with Gasteiger partial charge in [0.05, 0.1) is 0 Å². The fourth-order valence-corrected chi connectivity index (χ4v) is 3.11. The average molecular weight is 279 g/mol. The van der Waals surface area contributed by atoms with Gasteiger partial charge >= 0.3 is 0 Å². The number of nitrogens with one attached hydrogen (secondary N) is 2. The molecule has 1 aliphatic carbocycles. The van der Waals surface area contributed by atoms with E-state index in [9.17, 15) is 4.79 Å². The number of nitrogens with zero attached hydrogens (tertiary/aromatic N) is 1. The van der Waals surface area contributed by atoms with Gasteiger partial charge in [-0.15, -0.1) is 0 Å². The summed E-state index contributed by atoms with van der Waals surface area (Å²) in [5.41, 5.74) is 1.41. The van der Waals surface area contributed by atoms with Crippen molar-refractivity contribution < 1.29 is 4.79 Å². The summed E-state index contributed by atoms with van der Waals surface area (Å²) in [4.78, 5) is 13.3. The number of carbonyl (C=O) groups excluding carboxylic acids is 1. The van der Waals surface area contributed by atoms with Crippen molar-refractivity contribution in [3.05, 3.63) is 12.2 Å². The van der Waals surface area contributed by atoms with Gasteiger partial charge in [0.15, 0.2) is 0 Å². The van der Waals surface area contributed by atoms with Crippen LogP contribution in [0.5, 0.6) is 0 Å². The third-order valence-corrected chi connectivity index (χ3v) is 4.61. The Morgan fingerprint density at radius 2 is 2.05 bits per heavy atom. The van der Waals surface area contributed by atoms with Gasteiger partial charge in [-0.05, 0) is 44.7 Å². The summed E-state index contributed by atoms with van der Waals surface area (Å²) in [7, 11) is 0. The maximum absolute atomic E-state index is 10.8. The van der Waals surface area contributed by atoms with Gasteiger partial charge in [0.2, 0.25) is 5.91 Å². The van der Waals surface area contributed by atoms with Crippen LogP contribution < -0.4 is 10.6 Å². The van der Waals surface area contributed by atoms with Gasteiger partial charge in [-0.3, -0.25) is 4.79 Å². The van der Waals surface area contributed by atoms with E-state index in [2.05, 4.69) is 29.0 Å². The second kappa shape index (κ2) is 7.23. The van der Waals surface area contributed by atoms with Gasteiger partial charge in [0.25, 0.3) is 0 Å². The Morgan fingerprint density at radius 3 is 2.65 bits per heavy atom. The maximum Gasteiger partial charge on any atom is 0.216 e. The van der Waals surface area contributed by atoms with Gasteiger partial charge < -0.3 is 15.5 Å². The summed E-state index contributed by atoms with van der Waals surface area (Å²) in [6, 6.07) is 1.37. The monoisotopic (exact) mass is 279 g/mol. The molecule has 1 heterocycles. The molecule has 1 saturated carbocycles. The van der Waals surface area contributed by atoms with Crippen LogP contribution in [-0.2, 0) is 4.79 Å². The van der Waals surface area contributed by atoms with Crippen molar-refractivity contribution in [2.75, 3.05) is 26.2 Å². The first-order valence-electron chi connectivity index (χ1n) is 8.00. The highest BCUT2D eigenvalue weighted by Crippen LogP contribution is 2.38. The molecule has 0 spiro atoms. The molecule has 1 saturated heterocycles. The standard InChI is InChI=1S/C16H29N3O/c1-4-12(2)15-11-16(15)18-14-5-8-19(9-6-14)10-7-17-13(3)20/h14-16,18H,2,4-11H2,1,3H3,(H,17,20)/t15-,16+/m1/s1. The van der Waals surface area contributed by atoms with Crippen LogP contribution in [0.15, 0.2) is 12.2 Å². The smallest absolute Gasteiger partial charge is 0.216 e. The number of likely N-dealkylation sites (tertiary alicyclic amines) is 1. The molecule has 2 aliphatic rings. The van der Waals surface area contributed by atoms with E-state index in [0.717, 1.165) is 38.5 Å². The fraction of sp³-hybridized carbons (Fsp3) is 0.812. The summed E-state index contributed by atoms with van der Waals surface area (Å²) >= 11 is 0. The van der Waals surface area contributed by atoms with E-state index < -0.39 is 0 Å². The lowest BCUT2D eigenvalue weighted by atomic mass is 10.0. The molecule has 0 unspecified atom stereocenters. The Kier molecular flexibility index (Phi) is 5.61. The maximum atomic E-state index is 10.8. The van der Waals surface area contributed by atoms with Crippen molar-refractivity contribution in [3.63, 3.8) is 0 Å². The highest BCUT2D eigenvalue weighted by Gasteiger charge is 2.39. The molecule has 0 radical (unpaired) electrons. The highest BCUT2D eigenvalue weighted by molar-refractivity contribution is 5.72. The highest BCUT2D eigenvalue weighted by atomic mass is 16.1. The van der Waals surface area contributed by atoms with Crippen LogP contribution >= 0.6 is 0 Å². The van der Waals surface area contributed by atoms with E-state index in [-0.39, 0.29) is 5.91 Å². The minimum absolute atomic E-state index is 0.0671. The van der Waals surface area contributed by atoms with Gasteiger partial charge in [0, 0.05) is 32.1 Å².